The Morgan fingerprint density at radius 1 is 0.969 bits per heavy atom. The number of hydrogen-bond acceptors (Lipinski definition) is 4. The van der Waals surface area contributed by atoms with Gasteiger partial charge in [0.25, 0.3) is 17.7 Å². The maximum absolute atomic E-state index is 13.6. The number of rotatable bonds is 5. The number of fused-ring (bicyclic) bond motifs is 1. The lowest BCUT2D eigenvalue weighted by Gasteiger charge is -2.35. The molecule has 2 aromatic rings. The number of hydrogen-bond donors (Lipinski definition) is 0. The zero-order chi connectivity index (χ0) is 23.0. The van der Waals surface area contributed by atoms with Gasteiger partial charge < -0.3 is 0 Å². The summed E-state index contributed by atoms with van der Waals surface area (Å²) in [5.74, 6) is -3.04. The lowest BCUT2D eigenvalue weighted by molar-refractivity contribution is -0.156. The molecule has 0 radical (unpaired) electrons. The molecule has 3 atom stereocenters. The first kappa shape index (κ1) is 22.0. The summed E-state index contributed by atoms with van der Waals surface area (Å²) >= 11 is 6.25. The zero-order valence-corrected chi connectivity index (χ0v) is 18.6. The van der Waals surface area contributed by atoms with Crippen molar-refractivity contribution in [3.63, 3.8) is 0 Å². The second-order valence-corrected chi connectivity index (χ2v) is 8.59. The van der Waals surface area contributed by atoms with Crippen LogP contribution in [0.4, 0.5) is 0 Å². The van der Waals surface area contributed by atoms with Crippen molar-refractivity contribution in [1.82, 2.24) is 10.0 Å². The Balaban J connectivity index is 1.76. The first-order valence-corrected chi connectivity index (χ1v) is 10.9. The van der Waals surface area contributed by atoms with Crippen LogP contribution in [0.15, 0.2) is 60.7 Å². The summed E-state index contributed by atoms with van der Waals surface area (Å²) < 4.78 is 0. The van der Waals surface area contributed by atoms with Crippen molar-refractivity contribution in [3.05, 3.63) is 82.4 Å². The molecule has 1 heterocycles. The average Bonchev–Trinajstić information content (AvgIpc) is 3.05. The molecular weight excluding hydrogens is 428 g/mol. The molecule has 2 aromatic carbocycles. The first-order chi connectivity index (χ1) is 15.3. The Kier molecular flexibility index (Phi) is 5.98. The number of imide groups is 1. The van der Waals surface area contributed by atoms with Gasteiger partial charge in [-0.3, -0.25) is 19.2 Å². The highest BCUT2D eigenvalue weighted by Crippen LogP contribution is 2.37. The van der Waals surface area contributed by atoms with E-state index in [1.54, 1.807) is 42.5 Å². The Morgan fingerprint density at radius 2 is 1.53 bits per heavy atom. The quantitative estimate of drug-likeness (QED) is 0.388. The van der Waals surface area contributed by atoms with Crippen LogP contribution < -0.4 is 0 Å². The van der Waals surface area contributed by atoms with Gasteiger partial charge in [0.05, 0.1) is 22.4 Å². The molecule has 1 aliphatic heterocycles. The predicted octanol–water partition coefficient (Wildman–Crippen LogP) is 4.23. The van der Waals surface area contributed by atoms with Crippen LogP contribution in [0.1, 0.15) is 46.0 Å². The second kappa shape index (κ2) is 8.71. The molecule has 0 unspecified atom stereocenters. The molecule has 1 fully saturated rings. The number of amides is 3. The van der Waals surface area contributed by atoms with Crippen LogP contribution in [0, 0.1) is 18.8 Å². The van der Waals surface area contributed by atoms with Gasteiger partial charge in [0.2, 0.25) is 0 Å². The van der Waals surface area contributed by atoms with Crippen LogP contribution >= 0.6 is 11.6 Å². The summed E-state index contributed by atoms with van der Waals surface area (Å²) in [4.78, 5) is 53.4. The Bertz CT molecular complexity index is 1100. The van der Waals surface area contributed by atoms with Gasteiger partial charge in [-0.2, -0.15) is 5.01 Å². The van der Waals surface area contributed by atoms with Crippen LogP contribution in [-0.2, 0) is 9.59 Å². The van der Waals surface area contributed by atoms with Crippen LogP contribution in [0.5, 0.6) is 0 Å². The molecule has 164 valence electrons. The molecule has 1 aliphatic carbocycles. The molecule has 0 saturated carbocycles. The van der Waals surface area contributed by atoms with E-state index in [1.165, 1.54) is 13.0 Å². The molecule has 6 nitrogen and oxygen atoms in total. The minimum Gasteiger partial charge on any atom is -0.292 e. The van der Waals surface area contributed by atoms with Crippen molar-refractivity contribution < 1.29 is 19.2 Å². The molecule has 0 aromatic heterocycles. The van der Waals surface area contributed by atoms with Crippen LogP contribution in [0.25, 0.3) is 0 Å². The number of benzene rings is 2. The normalized spacial score (nSPS) is 20.8. The fourth-order valence-electron chi connectivity index (χ4n) is 4.26. The fourth-order valence-corrected chi connectivity index (χ4v) is 4.48. The van der Waals surface area contributed by atoms with Crippen LogP contribution in [0.3, 0.4) is 0 Å². The highest BCUT2D eigenvalue weighted by Gasteiger charge is 2.52. The van der Waals surface area contributed by atoms with Gasteiger partial charge in [-0.25, -0.2) is 5.01 Å². The van der Waals surface area contributed by atoms with Gasteiger partial charge >= 0.3 is 0 Å². The predicted molar refractivity (Wildman–Crippen MR) is 120 cm³/mol. The molecule has 1 saturated heterocycles. The third-order valence-electron chi connectivity index (χ3n) is 6.09. The van der Waals surface area contributed by atoms with E-state index in [2.05, 4.69) is 0 Å². The highest BCUT2D eigenvalue weighted by atomic mass is 35.5. The van der Waals surface area contributed by atoms with E-state index < -0.39 is 35.6 Å². The van der Waals surface area contributed by atoms with Crippen molar-refractivity contribution in [2.75, 3.05) is 0 Å². The summed E-state index contributed by atoms with van der Waals surface area (Å²) in [5.41, 5.74) is 1.49. The molecule has 32 heavy (non-hydrogen) atoms. The minimum atomic E-state index is -1.09. The fraction of sp³-hybridized carbons (Fsp3) is 0.280. The van der Waals surface area contributed by atoms with E-state index in [1.807, 2.05) is 19.1 Å². The number of carbonyl (C=O) groups is 4. The van der Waals surface area contributed by atoms with E-state index >= 15 is 0 Å². The summed E-state index contributed by atoms with van der Waals surface area (Å²) in [7, 11) is 0. The molecule has 3 amide bonds. The first-order valence-electron chi connectivity index (χ1n) is 10.5. The van der Waals surface area contributed by atoms with Gasteiger partial charge in [-0.15, -0.1) is 0 Å². The number of ketones is 1. The van der Waals surface area contributed by atoms with Crippen molar-refractivity contribution in [2.45, 2.75) is 32.7 Å². The van der Waals surface area contributed by atoms with Crippen LogP contribution in [-0.4, -0.2) is 39.6 Å². The van der Waals surface area contributed by atoms with Crippen LogP contribution in [0.2, 0.25) is 5.02 Å². The monoisotopic (exact) mass is 450 g/mol. The largest absolute Gasteiger partial charge is 0.292 e. The number of carbonyl (C=O) groups excluding carboxylic acids is 4. The Labute approximate surface area is 191 Å². The van der Waals surface area contributed by atoms with E-state index in [0.717, 1.165) is 15.6 Å². The van der Waals surface area contributed by atoms with E-state index in [4.69, 9.17) is 11.6 Å². The van der Waals surface area contributed by atoms with Gasteiger partial charge in [-0.05, 0) is 38.8 Å². The Morgan fingerprint density at radius 3 is 2.09 bits per heavy atom. The standard InChI is InChI=1S/C25H23ClN2O4/c1-15-11-13-17(14-12-15)22(29)16(2)27(25(32)20-9-5-6-10-21(20)26)28-23(30)18-7-3-4-8-19(18)24(28)31/h3-6,9-14,16,18-19H,7-8H2,1-2H3/t16-,18-,19+/m0/s1. The summed E-state index contributed by atoms with van der Waals surface area (Å²) in [6.45, 7) is 3.43. The average molecular weight is 451 g/mol. The molecule has 7 heteroatoms. The Hall–Kier alpha value is -3.25. The van der Waals surface area contributed by atoms with Crippen molar-refractivity contribution in [1.29, 1.82) is 0 Å². The highest BCUT2D eigenvalue weighted by molar-refractivity contribution is 6.34. The van der Waals surface area contributed by atoms with Gasteiger partial charge in [0, 0.05) is 5.56 Å². The molecule has 2 aliphatic rings. The number of allylic oxidation sites excluding steroid dienone is 2. The van der Waals surface area contributed by atoms with Crippen molar-refractivity contribution in [2.24, 2.45) is 11.8 Å². The SMILES string of the molecule is Cc1ccc(C(=O)[C@H](C)N(C(=O)c2ccccc2Cl)N2C(=O)[C@H]3CC=CC[C@H]3C2=O)cc1. The van der Waals surface area contributed by atoms with Crippen molar-refractivity contribution >= 4 is 35.1 Å². The van der Waals surface area contributed by atoms with Gasteiger partial charge in [-0.1, -0.05) is 65.7 Å². The lowest BCUT2D eigenvalue weighted by Crippen LogP contribution is -2.56. The summed E-state index contributed by atoms with van der Waals surface area (Å²) in [6.07, 6.45) is 4.61. The summed E-state index contributed by atoms with van der Waals surface area (Å²) in [6, 6.07) is 12.2. The molecule has 0 N–H and O–H groups in total. The van der Waals surface area contributed by atoms with Crippen molar-refractivity contribution in [3.8, 4) is 0 Å². The van der Waals surface area contributed by atoms with Gasteiger partial charge in [0.1, 0.15) is 6.04 Å². The maximum Gasteiger partial charge on any atom is 0.275 e. The van der Waals surface area contributed by atoms with E-state index in [-0.39, 0.29) is 16.4 Å². The van der Waals surface area contributed by atoms with E-state index in [9.17, 15) is 19.2 Å². The summed E-state index contributed by atoms with van der Waals surface area (Å²) in [5, 5.41) is 2.05. The number of halogens is 1. The lowest BCUT2D eigenvalue weighted by atomic mass is 9.85. The molecule has 0 bridgehead atoms. The molecule has 4 rings (SSSR count). The zero-order valence-electron chi connectivity index (χ0n) is 17.8. The number of hydrazine groups is 1. The minimum absolute atomic E-state index is 0.117. The molecule has 0 spiro atoms. The number of nitrogens with zero attached hydrogens (tertiary/aromatic N) is 2. The third kappa shape index (κ3) is 3.75. The second-order valence-electron chi connectivity index (χ2n) is 8.18. The maximum atomic E-state index is 13.6. The number of aryl methyl sites for hydroxylation is 1. The van der Waals surface area contributed by atoms with Gasteiger partial charge in [0.15, 0.2) is 5.78 Å². The smallest absolute Gasteiger partial charge is 0.275 e. The van der Waals surface area contributed by atoms with E-state index in [0.29, 0.717) is 18.4 Å². The number of Topliss-reactive ketones (excluding diaryl/α,β-unsaturated/α-hetero) is 1. The topological polar surface area (TPSA) is 74.8 Å². The molecular formula is C25H23ClN2O4. The third-order valence-corrected chi connectivity index (χ3v) is 6.42.